The Morgan fingerprint density at radius 1 is 1.21 bits per heavy atom. The second-order valence-corrected chi connectivity index (χ2v) is 7.63. The average molecular weight is 346 g/mol. The van der Waals surface area contributed by atoms with Gasteiger partial charge in [0.2, 0.25) is 5.79 Å². The number of phosphoric acid groups is 1. The predicted molar refractivity (Wildman–Crippen MR) is 85.1 cm³/mol. The van der Waals surface area contributed by atoms with Crippen molar-refractivity contribution in [1.29, 1.82) is 0 Å². The summed E-state index contributed by atoms with van der Waals surface area (Å²) in [6.07, 6.45) is 2.72. The molecule has 0 saturated carbocycles. The molecule has 1 saturated heterocycles. The lowest BCUT2D eigenvalue weighted by Crippen LogP contribution is -2.47. The van der Waals surface area contributed by atoms with Crippen molar-refractivity contribution < 1.29 is 18.1 Å². The molecule has 1 fully saturated rings. The Kier molecular flexibility index (Phi) is 2.65. The Morgan fingerprint density at radius 3 is 2.83 bits per heavy atom. The smallest absolute Gasteiger partial charge is 0.394 e. The molecule has 4 N–H and O–H groups in total. The van der Waals surface area contributed by atoms with Crippen molar-refractivity contribution in [3.8, 4) is 6.01 Å². The molecular formula is C15H15N4O4P. The van der Waals surface area contributed by atoms with Gasteiger partial charge >= 0.3 is 13.8 Å². The third-order valence-electron chi connectivity index (χ3n) is 4.80. The van der Waals surface area contributed by atoms with Gasteiger partial charge in [-0.3, -0.25) is 0 Å². The molecule has 0 spiro atoms. The van der Waals surface area contributed by atoms with Crippen LogP contribution < -0.4 is 16.0 Å². The molecule has 3 aliphatic heterocycles. The minimum Gasteiger partial charge on any atom is -0.394 e. The molecule has 4 bridgehead atoms. The summed E-state index contributed by atoms with van der Waals surface area (Å²) < 4.78 is 29.1. The van der Waals surface area contributed by atoms with Crippen LogP contribution in [0.3, 0.4) is 0 Å². The van der Waals surface area contributed by atoms with E-state index in [-0.39, 0.29) is 29.1 Å². The SMILES string of the molecule is Nc1nc2nc(c1N)C1(C3CCCc4ccccc43)OP(=O)(O2)O1. The van der Waals surface area contributed by atoms with E-state index in [0.717, 1.165) is 24.8 Å². The maximum absolute atomic E-state index is 12.5. The first-order valence-electron chi connectivity index (χ1n) is 7.73. The van der Waals surface area contributed by atoms with E-state index >= 15 is 0 Å². The lowest BCUT2D eigenvalue weighted by Gasteiger charge is -2.47. The van der Waals surface area contributed by atoms with Crippen LogP contribution in [-0.2, 0) is 25.8 Å². The molecule has 6 rings (SSSR count). The summed E-state index contributed by atoms with van der Waals surface area (Å²) in [5.74, 6) is -1.49. The highest BCUT2D eigenvalue weighted by molar-refractivity contribution is 7.50. The number of phosphoric ester groups is 1. The van der Waals surface area contributed by atoms with Gasteiger partial charge in [-0.15, -0.1) is 0 Å². The summed E-state index contributed by atoms with van der Waals surface area (Å²) >= 11 is 0. The highest BCUT2D eigenvalue weighted by Gasteiger charge is 2.67. The standard InChI is InChI=1S/C15H15N4O4P/c16-11-12-15(10-7-3-5-8-4-1-2-6-9(8)10)22-24(20,23-15)21-14(18-12)19-13(11)17/h1-2,4,6,10H,3,5,7,16H2,(H2,17,18,19). The highest BCUT2D eigenvalue weighted by atomic mass is 31.2. The summed E-state index contributed by atoms with van der Waals surface area (Å²) in [4.78, 5) is 8.15. The number of nitrogens with zero attached hydrogens (tertiary/aromatic N) is 2. The highest BCUT2D eigenvalue weighted by Crippen LogP contribution is 2.74. The Balaban J connectivity index is 1.73. The largest absolute Gasteiger partial charge is 0.538 e. The normalized spacial score (nSPS) is 32.9. The molecule has 124 valence electrons. The number of hydrogen-bond donors (Lipinski definition) is 2. The van der Waals surface area contributed by atoms with Crippen LogP contribution in [0.2, 0.25) is 0 Å². The van der Waals surface area contributed by atoms with Gasteiger partial charge in [-0.25, -0.2) is 13.6 Å². The monoisotopic (exact) mass is 346 g/mol. The predicted octanol–water partition coefficient (Wildman–Crippen LogP) is 2.46. The van der Waals surface area contributed by atoms with Gasteiger partial charge in [0, 0.05) is 5.92 Å². The van der Waals surface area contributed by atoms with Crippen LogP contribution in [0, 0.1) is 0 Å². The molecule has 1 unspecified atom stereocenters. The molecule has 1 aromatic heterocycles. The summed E-state index contributed by atoms with van der Waals surface area (Å²) in [5, 5.41) is 0. The van der Waals surface area contributed by atoms with E-state index in [1.807, 2.05) is 18.2 Å². The fourth-order valence-electron chi connectivity index (χ4n) is 3.78. The maximum Gasteiger partial charge on any atom is 0.538 e. The van der Waals surface area contributed by atoms with Crippen molar-refractivity contribution in [2.75, 3.05) is 11.5 Å². The lowest BCUT2D eigenvalue weighted by atomic mass is 9.77. The van der Waals surface area contributed by atoms with Crippen LogP contribution in [0.25, 0.3) is 0 Å². The van der Waals surface area contributed by atoms with Gasteiger partial charge in [-0.05, 0) is 30.4 Å². The van der Waals surface area contributed by atoms with Crippen LogP contribution in [0.4, 0.5) is 11.5 Å². The van der Waals surface area contributed by atoms with Gasteiger partial charge in [-0.1, -0.05) is 24.3 Å². The van der Waals surface area contributed by atoms with Crippen molar-refractivity contribution in [1.82, 2.24) is 9.97 Å². The van der Waals surface area contributed by atoms with E-state index < -0.39 is 13.6 Å². The van der Waals surface area contributed by atoms with Crippen molar-refractivity contribution in [3.05, 3.63) is 41.1 Å². The molecule has 1 atom stereocenters. The summed E-state index contributed by atoms with van der Waals surface area (Å²) in [6.45, 7) is 0. The van der Waals surface area contributed by atoms with E-state index in [1.165, 1.54) is 5.56 Å². The zero-order valence-corrected chi connectivity index (χ0v) is 13.5. The minimum atomic E-state index is -3.74. The van der Waals surface area contributed by atoms with Crippen molar-refractivity contribution in [2.45, 2.75) is 31.0 Å². The van der Waals surface area contributed by atoms with Crippen molar-refractivity contribution in [2.24, 2.45) is 0 Å². The van der Waals surface area contributed by atoms with Crippen molar-refractivity contribution >= 4 is 19.3 Å². The minimum absolute atomic E-state index is 0.0611. The van der Waals surface area contributed by atoms with E-state index in [1.54, 1.807) is 0 Å². The lowest BCUT2D eigenvalue weighted by molar-refractivity contribution is -0.239. The van der Waals surface area contributed by atoms with E-state index in [4.69, 9.17) is 25.0 Å². The fourth-order valence-corrected chi connectivity index (χ4v) is 5.24. The van der Waals surface area contributed by atoms with Gasteiger partial charge in [0.05, 0.1) is 0 Å². The van der Waals surface area contributed by atoms with Gasteiger partial charge in [-0.2, -0.15) is 9.97 Å². The van der Waals surface area contributed by atoms with E-state index in [0.29, 0.717) is 0 Å². The quantitative estimate of drug-likeness (QED) is 0.755. The van der Waals surface area contributed by atoms with Crippen LogP contribution in [0.15, 0.2) is 24.3 Å². The van der Waals surface area contributed by atoms with Crippen molar-refractivity contribution in [3.63, 3.8) is 0 Å². The number of nitrogens with two attached hydrogens (primary N) is 2. The number of anilines is 2. The molecule has 0 amide bonds. The third kappa shape index (κ3) is 1.73. The zero-order chi connectivity index (χ0) is 16.5. The summed E-state index contributed by atoms with van der Waals surface area (Å²) in [5.41, 5.74) is 14.7. The first-order chi connectivity index (χ1) is 11.5. The Morgan fingerprint density at radius 2 is 2.00 bits per heavy atom. The summed E-state index contributed by atoms with van der Waals surface area (Å²) in [6, 6.07) is 7.92. The number of hydrogen-bond acceptors (Lipinski definition) is 8. The molecule has 9 heteroatoms. The molecule has 4 heterocycles. The Hall–Kier alpha value is -2.15. The number of rotatable bonds is 1. The Labute approximate surface area is 137 Å². The zero-order valence-electron chi connectivity index (χ0n) is 12.6. The fraction of sp³-hybridized carbons (Fsp3) is 0.333. The number of aryl methyl sites for hydroxylation is 1. The van der Waals surface area contributed by atoms with Crippen LogP contribution >= 0.6 is 7.82 Å². The molecular weight excluding hydrogens is 331 g/mol. The summed E-state index contributed by atoms with van der Waals surface area (Å²) in [7, 11) is -3.74. The maximum atomic E-state index is 12.5. The van der Waals surface area contributed by atoms with Crippen LogP contribution in [0.1, 0.15) is 35.6 Å². The second-order valence-electron chi connectivity index (χ2n) is 6.19. The van der Waals surface area contributed by atoms with Crippen LogP contribution in [-0.4, -0.2) is 9.97 Å². The average Bonchev–Trinajstić information content (AvgIpc) is 2.72. The molecule has 8 nitrogen and oxygen atoms in total. The van der Waals surface area contributed by atoms with Crippen LogP contribution in [0.5, 0.6) is 6.01 Å². The van der Waals surface area contributed by atoms with Gasteiger partial charge in [0.15, 0.2) is 5.82 Å². The molecule has 24 heavy (non-hydrogen) atoms. The van der Waals surface area contributed by atoms with Gasteiger partial charge in [0.1, 0.15) is 11.4 Å². The number of nitrogen functional groups attached to an aromatic ring is 2. The molecule has 1 aliphatic carbocycles. The molecule has 2 aromatic rings. The number of aromatic nitrogens is 2. The van der Waals surface area contributed by atoms with E-state index in [2.05, 4.69) is 16.0 Å². The number of fused-ring (bicyclic) bond motifs is 1. The van der Waals surface area contributed by atoms with Gasteiger partial charge in [0.25, 0.3) is 0 Å². The van der Waals surface area contributed by atoms with Gasteiger partial charge < -0.3 is 16.0 Å². The second kappa shape index (κ2) is 4.47. The topological polar surface area (TPSA) is 123 Å². The Bertz CT molecular complexity index is 908. The molecule has 4 aliphatic rings. The number of benzene rings is 1. The molecule has 1 aromatic carbocycles. The first kappa shape index (κ1) is 14.2. The third-order valence-corrected chi connectivity index (χ3v) is 6.18. The van der Waals surface area contributed by atoms with E-state index in [9.17, 15) is 4.57 Å². The first-order valence-corrected chi connectivity index (χ1v) is 9.19. The molecule has 0 radical (unpaired) electrons.